The highest BCUT2D eigenvalue weighted by molar-refractivity contribution is 5.86. The quantitative estimate of drug-likeness (QED) is 0.353. The molecule has 0 saturated heterocycles. The van der Waals surface area contributed by atoms with Crippen LogP contribution in [0.1, 0.15) is 87.3 Å². The van der Waals surface area contributed by atoms with Crippen molar-refractivity contribution >= 4 is 11.6 Å². The van der Waals surface area contributed by atoms with Gasteiger partial charge in [0.15, 0.2) is 0 Å². The van der Waals surface area contributed by atoms with Crippen LogP contribution in [0, 0.1) is 0 Å². The fraction of sp³-hybridized carbons (Fsp3) is 0.424. The molecule has 2 atom stereocenters. The molecule has 0 aromatic heterocycles. The van der Waals surface area contributed by atoms with Crippen molar-refractivity contribution in [1.82, 2.24) is 4.90 Å². The average molecular weight is 481 g/mol. The molecule has 0 spiro atoms. The molecule has 5 rings (SSSR count). The minimum Gasteiger partial charge on any atom is -0.377 e. The fourth-order valence-corrected chi connectivity index (χ4v) is 6.41. The second-order valence-corrected chi connectivity index (χ2v) is 10.6. The Morgan fingerprint density at radius 1 is 0.611 bits per heavy atom. The van der Waals surface area contributed by atoms with Gasteiger partial charge < -0.3 is 10.2 Å². The molecule has 2 fully saturated rings. The van der Waals surface area contributed by atoms with Crippen LogP contribution in [-0.2, 0) is 4.79 Å². The van der Waals surface area contributed by atoms with Crippen molar-refractivity contribution in [2.24, 2.45) is 0 Å². The number of carbonyl (C=O) groups is 1. The highest BCUT2D eigenvalue weighted by Crippen LogP contribution is 2.39. The van der Waals surface area contributed by atoms with E-state index in [1.54, 1.807) is 0 Å². The maximum atomic E-state index is 14.9. The summed E-state index contributed by atoms with van der Waals surface area (Å²) in [6.45, 7) is 0. The Hall–Kier alpha value is -3.07. The van der Waals surface area contributed by atoms with E-state index in [1.807, 2.05) is 12.1 Å². The van der Waals surface area contributed by atoms with Crippen LogP contribution in [0.15, 0.2) is 91.0 Å². The number of amides is 1. The highest BCUT2D eigenvalue weighted by atomic mass is 16.2. The van der Waals surface area contributed by atoms with Crippen molar-refractivity contribution in [3.63, 3.8) is 0 Å². The first-order chi connectivity index (χ1) is 17.8. The van der Waals surface area contributed by atoms with Gasteiger partial charge in [0.1, 0.15) is 0 Å². The van der Waals surface area contributed by atoms with Crippen LogP contribution in [0.3, 0.4) is 0 Å². The molecule has 2 saturated carbocycles. The van der Waals surface area contributed by atoms with Gasteiger partial charge in [-0.3, -0.25) is 4.79 Å². The van der Waals surface area contributed by atoms with E-state index in [4.69, 9.17) is 0 Å². The molecule has 3 heteroatoms. The first-order valence-corrected chi connectivity index (χ1v) is 14.0. The van der Waals surface area contributed by atoms with Gasteiger partial charge in [0, 0.05) is 17.8 Å². The molecule has 2 aliphatic carbocycles. The summed E-state index contributed by atoms with van der Waals surface area (Å²) < 4.78 is 0. The maximum absolute atomic E-state index is 14.9. The van der Waals surface area contributed by atoms with Gasteiger partial charge in [-0.1, -0.05) is 117 Å². The second kappa shape index (κ2) is 12.3. The smallest absolute Gasteiger partial charge is 0.233 e. The van der Waals surface area contributed by atoms with Crippen LogP contribution in [0.5, 0.6) is 0 Å². The Kier molecular flexibility index (Phi) is 8.38. The molecular weight excluding hydrogens is 440 g/mol. The lowest BCUT2D eigenvalue weighted by Gasteiger charge is -2.44. The third-order valence-corrected chi connectivity index (χ3v) is 8.20. The molecule has 0 unspecified atom stereocenters. The summed E-state index contributed by atoms with van der Waals surface area (Å²) in [7, 11) is 0. The Balaban J connectivity index is 1.58. The number of rotatable bonds is 8. The van der Waals surface area contributed by atoms with Gasteiger partial charge in [0.05, 0.1) is 12.0 Å². The highest BCUT2D eigenvalue weighted by Gasteiger charge is 2.40. The van der Waals surface area contributed by atoms with E-state index in [0.717, 1.165) is 42.5 Å². The van der Waals surface area contributed by atoms with Crippen LogP contribution < -0.4 is 5.32 Å². The number of benzene rings is 3. The summed E-state index contributed by atoms with van der Waals surface area (Å²) in [5.41, 5.74) is 3.29. The van der Waals surface area contributed by atoms with Crippen molar-refractivity contribution in [2.45, 2.75) is 88.3 Å². The van der Waals surface area contributed by atoms with Crippen molar-refractivity contribution in [3.05, 3.63) is 102 Å². The molecule has 1 amide bonds. The summed E-state index contributed by atoms with van der Waals surface area (Å²) in [6.07, 6.45) is 12.1. The summed E-state index contributed by atoms with van der Waals surface area (Å²) in [5.74, 6) is 0.00921. The van der Waals surface area contributed by atoms with Crippen molar-refractivity contribution in [2.75, 3.05) is 5.32 Å². The average Bonchev–Trinajstić information content (AvgIpc) is 2.96. The second-order valence-electron chi connectivity index (χ2n) is 10.6. The third-order valence-electron chi connectivity index (χ3n) is 8.20. The van der Waals surface area contributed by atoms with E-state index in [-0.39, 0.29) is 12.0 Å². The SMILES string of the molecule is O=C([C@@H](c1ccccc1)[C@@H](Nc1ccccc1)c1ccccc1)N(C1CCCCC1)C1CCCCC1. The summed E-state index contributed by atoms with van der Waals surface area (Å²) in [5, 5.41) is 3.79. The Bertz CT molecular complexity index is 1040. The monoisotopic (exact) mass is 480 g/mol. The van der Waals surface area contributed by atoms with E-state index in [0.29, 0.717) is 18.0 Å². The molecule has 3 nitrogen and oxygen atoms in total. The fourth-order valence-electron chi connectivity index (χ4n) is 6.41. The molecule has 36 heavy (non-hydrogen) atoms. The lowest BCUT2D eigenvalue weighted by Crippen LogP contribution is -2.51. The van der Waals surface area contributed by atoms with Gasteiger partial charge in [-0.15, -0.1) is 0 Å². The largest absolute Gasteiger partial charge is 0.377 e. The minimum absolute atomic E-state index is 0.154. The van der Waals surface area contributed by atoms with Gasteiger partial charge in [-0.2, -0.15) is 0 Å². The van der Waals surface area contributed by atoms with Crippen LogP contribution >= 0.6 is 0 Å². The van der Waals surface area contributed by atoms with Crippen molar-refractivity contribution in [3.8, 4) is 0 Å². The van der Waals surface area contributed by atoms with E-state index >= 15 is 0 Å². The van der Waals surface area contributed by atoms with E-state index in [9.17, 15) is 4.79 Å². The predicted octanol–water partition coefficient (Wildman–Crippen LogP) is 8.12. The molecule has 0 aliphatic heterocycles. The van der Waals surface area contributed by atoms with Gasteiger partial charge in [0.2, 0.25) is 5.91 Å². The summed E-state index contributed by atoms with van der Waals surface area (Å²) in [4.78, 5) is 17.3. The number of nitrogens with zero attached hydrogens (tertiary/aromatic N) is 1. The molecule has 188 valence electrons. The van der Waals surface area contributed by atoms with Crippen LogP contribution in [0.2, 0.25) is 0 Å². The van der Waals surface area contributed by atoms with E-state index in [2.05, 4.69) is 89.1 Å². The number of carbonyl (C=O) groups excluding carboxylic acids is 1. The number of para-hydroxylation sites is 1. The van der Waals surface area contributed by atoms with Gasteiger partial charge >= 0.3 is 0 Å². The maximum Gasteiger partial charge on any atom is 0.233 e. The first kappa shape index (κ1) is 24.6. The summed E-state index contributed by atoms with van der Waals surface area (Å²) >= 11 is 0. The van der Waals surface area contributed by atoms with Crippen molar-refractivity contribution in [1.29, 1.82) is 0 Å². The first-order valence-electron chi connectivity index (χ1n) is 14.0. The molecule has 0 bridgehead atoms. The van der Waals surface area contributed by atoms with Crippen LogP contribution in [0.25, 0.3) is 0 Å². The van der Waals surface area contributed by atoms with Crippen LogP contribution in [-0.4, -0.2) is 22.9 Å². The zero-order chi connectivity index (χ0) is 24.6. The Morgan fingerprint density at radius 2 is 1.06 bits per heavy atom. The molecule has 2 aliphatic rings. The molecule has 0 heterocycles. The number of hydrogen-bond acceptors (Lipinski definition) is 2. The predicted molar refractivity (Wildman–Crippen MR) is 149 cm³/mol. The number of nitrogens with one attached hydrogen (secondary N) is 1. The Labute approximate surface area is 216 Å². The lowest BCUT2D eigenvalue weighted by atomic mass is 9.82. The van der Waals surface area contributed by atoms with Crippen molar-refractivity contribution < 1.29 is 4.79 Å². The van der Waals surface area contributed by atoms with Gasteiger partial charge in [-0.05, 0) is 48.9 Å². The molecular formula is C33H40N2O. The van der Waals surface area contributed by atoms with Gasteiger partial charge in [0.25, 0.3) is 0 Å². The zero-order valence-electron chi connectivity index (χ0n) is 21.4. The summed E-state index contributed by atoms with van der Waals surface area (Å²) in [6, 6.07) is 32.0. The minimum atomic E-state index is -0.294. The van der Waals surface area contributed by atoms with E-state index < -0.39 is 0 Å². The van der Waals surface area contributed by atoms with E-state index in [1.165, 1.54) is 38.5 Å². The molecule has 1 N–H and O–H groups in total. The van der Waals surface area contributed by atoms with Gasteiger partial charge in [-0.25, -0.2) is 0 Å². The molecule has 0 radical (unpaired) electrons. The topological polar surface area (TPSA) is 32.3 Å². The third kappa shape index (κ3) is 5.83. The molecule has 3 aromatic carbocycles. The number of anilines is 1. The molecule has 3 aromatic rings. The normalized spacial score (nSPS) is 18.8. The zero-order valence-corrected chi connectivity index (χ0v) is 21.4. The van der Waals surface area contributed by atoms with Crippen LogP contribution in [0.4, 0.5) is 5.69 Å². The number of hydrogen-bond donors (Lipinski definition) is 1. The Morgan fingerprint density at radius 3 is 1.56 bits per heavy atom. The standard InChI is InChI=1S/C33H40N2O/c36-33(35(29-22-12-4-13-23-29)30-24-14-5-15-25-30)31(26-16-6-1-7-17-26)32(27-18-8-2-9-19-27)34-28-20-10-3-11-21-28/h1-3,6-11,16-21,29-32,34H,4-5,12-15,22-25H2/t31-,32-/m0/s1. The lowest BCUT2D eigenvalue weighted by molar-refractivity contribution is -0.140.